The summed E-state index contributed by atoms with van der Waals surface area (Å²) in [5, 5.41) is 3.10. The van der Waals surface area contributed by atoms with Crippen LogP contribution in [0.1, 0.15) is 12.3 Å². The highest BCUT2D eigenvalue weighted by molar-refractivity contribution is 7.90. The van der Waals surface area contributed by atoms with Crippen molar-refractivity contribution in [2.24, 2.45) is 0 Å². The monoisotopic (exact) mass is 445 g/mol. The van der Waals surface area contributed by atoms with Crippen molar-refractivity contribution in [3.63, 3.8) is 0 Å². The summed E-state index contributed by atoms with van der Waals surface area (Å²) < 4.78 is 42.6. The Morgan fingerprint density at radius 1 is 1.20 bits per heavy atom. The second-order valence-electron chi connectivity index (χ2n) is 6.59. The molecule has 2 aromatic heterocycles. The van der Waals surface area contributed by atoms with Crippen molar-refractivity contribution >= 4 is 42.4 Å². The molecular formula is C20H16FN3O4S2. The molecule has 0 bridgehead atoms. The van der Waals surface area contributed by atoms with E-state index >= 15 is 0 Å². The number of rotatable bonds is 6. The SMILES string of the molecule is CS(=O)(=O)c1ccc2nc(NC(=O)CCc3ncc(-c4ccc(F)cc4)o3)sc2c1. The van der Waals surface area contributed by atoms with E-state index in [1.807, 2.05) is 0 Å². The van der Waals surface area contributed by atoms with Crippen LogP contribution in [-0.4, -0.2) is 30.5 Å². The molecule has 0 spiro atoms. The summed E-state index contributed by atoms with van der Waals surface area (Å²) in [6, 6.07) is 10.5. The van der Waals surface area contributed by atoms with Crippen LogP contribution in [0.15, 0.2) is 58.0 Å². The van der Waals surface area contributed by atoms with Crippen LogP contribution in [0.25, 0.3) is 21.5 Å². The van der Waals surface area contributed by atoms with Gasteiger partial charge in [-0.25, -0.2) is 22.8 Å². The molecule has 0 unspecified atom stereocenters. The van der Waals surface area contributed by atoms with Crippen LogP contribution in [0.4, 0.5) is 9.52 Å². The molecule has 1 N–H and O–H groups in total. The summed E-state index contributed by atoms with van der Waals surface area (Å²) >= 11 is 1.20. The lowest BCUT2D eigenvalue weighted by atomic mass is 10.2. The van der Waals surface area contributed by atoms with Crippen LogP contribution in [0.3, 0.4) is 0 Å². The number of aromatic nitrogens is 2. The maximum Gasteiger partial charge on any atom is 0.226 e. The van der Waals surface area contributed by atoms with Gasteiger partial charge in [0.15, 0.2) is 26.6 Å². The smallest absolute Gasteiger partial charge is 0.226 e. The second kappa shape index (κ2) is 7.96. The first-order chi connectivity index (χ1) is 14.3. The summed E-state index contributed by atoms with van der Waals surface area (Å²) in [7, 11) is -3.31. The van der Waals surface area contributed by atoms with Crippen LogP contribution < -0.4 is 5.32 Å². The number of carbonyl (C=O) groups excluding carboxylic acids is 1. The number of nitrogens with one attached hydrogen (secondary N) is 1. The molecule has 2 aromatic carbocycles. The minimum Gasteiger partial charge on any atom is -0.441 e. The highest BCUT2D eigenvalue weighted by Gasteiger charge is 2.13. The summed E-state index contributed by atoms with van der Waals surface area (Å²) in [6.07, 6.45) is 3.10. The topological polar surface area (TPSA) is 102 Å². The normalized spacial score (nSPS) is 11.7. The number of hydrogen-bond acceptors (Lipinski definition) is 7. The number of nitrogens with zero attached hydrogens (tertiary/aromatic N) is 2. The quantitative estimate of drug-likeness (QED) is 0.480. The number of amides is 1. The standard InChI is InChI=1S/C20H16FN3O4S2/c1-30(26,27)14-6-7-15-17(10-14)29-20(23-15)24-18(25)8-9-19-22-11-16(28-19)12-2-4-13(21)5-3-12/h2-7,10-11H,8-9H2,1H3,(H,23,24,25). The molecule has 1 amide bonds. The van der Waals surface area contributed by atoms with Gasteiger partial charge in [0.2, 0.25) is 5.91 Å². The van der Waals surface area contributed by atoms with Gasteiger partial charge in [-0.15, -0.1) is 0 Å². The van der Waals surface area contributed by atoms with E-state index in [0.29, 0.717) is 32.6 Å². The summed E-state index contributed by atoms with van der Waals surface area (Å²) in [5.74, 6) is 0.293. The number of fused-ring (bicyclic) bond motifs is 1. The number of aryl methyl sites for hydroxylation is 1. The fourth-order valence-corrected chi connectivity index (χ4v) is 4.41. The van der Waals surface area contributed by atoms with Crippen molar-refractivity contribution < 1.29 is 22.0 Å². The Balaban J connectivity index is 1.39. The van der Waals surface area contributed by atoms with Crippen molar-refractivity contribution in [1.82, 2.24) is 9.97 Å². The molecule has 154 valence electrons. The third kappa shape index (κ3) is 4.55. The van der Waals surface area contributed by atoms with E-state index in [0.717, 1.165) is 6.26 Å². The van der Waals surface area contributed by atoms with E-state index < -0.39 is 9.84 Å². The molecule has 2 heterocycles. The molecular weight excluding hydrogens is 429 g/mol. The number of halogens is 1. The lowest BCUT2D eigenvalue weighted by molar-refractivity contribution is -0.116. The van der Waals surface area contributed by atoms with Gasteiger partial charge < -0.3 is 9.73 Å². The van der Waals surface area contributed by atoms with E-state index in [1.54, 1.807) is 24.3 Å². The van der Waals surface area contributed by atoms with Gasteiger partial charge in [-0.2, -0.15) is 0 Å². The molecule has 0 aliphatic heterocycles. The maximum absolute atomic E-state index is 13.0. The summed E-state index contributed by atoms with van der Waals surface area (Å²) in [5.41, 5.74) is 1.31. The van der Waals surface area contributed by atoms with Crippen LogP contribution in [-0.2, 0) is 21.1 Å². The lowest BCUT2D eigenvalue weighted by Gasteiger charge is -1.99. The van der Waals surface area contributed by atoms with E-state index in [9.17, 15) is 17.6 Å². The number of sulfone groups is 1. The Morgan fingerprint density at radius 3 is 2.70 bits per heavy atom. The molecule has 0 atom stereocenters. The van der Waals surface area contributed by atoms with Crippen LogP contribution in [0.2, 0.25) is 0 Å². The fraction of sp³-hybridized carbons (Fsp3) is 0.150. The molecule has 0 fully saturated rings. The number of thiazole rings is 1. The number of hydrogen-bond donors (Lipinski definition) is 1. The van der Waals surface area contributed by atoms with E-state index in [4.69, 9.17) is 4.42 Å². The number of benzene rings is 2. The zero-order valence-corrected chi connectivity index (χ0v) is 17.4. The summed E-state index contributed by atoms with van der Waals surface area (Å²) in [4.78, 5) is 20.9. The number of anilines is 1. The van der Waals surface area contributed by atoms with Gasteiger partial charge in [-0.1, -0.05) is 11.3 Å². The Hall–Kier alpha value is -3.11. The third-order valence-corrected chi connectivity index (χ3v) is 6.33. The predicted octanol–water partition coefficient (Wildman–Crippen LogP) is 4.07. The number of carbonyl (C=O) groups is 1. The van der Waals surface area contributed by atoms with Gasteiger partial charge in [0, 0.05) is 24.7 Å². The minimum atomic E-state index is -3.31. The Morgan fingerprint density at radius 2 is 1.97 bits per heavy atom. The van der Waals surface area contributed by atoms with Crippen molar-refractivity contribution in [1.29, 1.82) is 0 Å². The van der Waals surface area contributed by atoms with Gasteiger partial charge in [-0.3, -0.25) is 4.79 Å². The van der Waals surface area contributed by atoms with E-state index in [-0.39, 0.29) is 29.5 Å². The first-order valence-corrected chi connectivity index (χ1v) is 11.6. The molecule has 7 nitrogen and oxygen atoms in total. The number of oxazole rings is 1. The van der Waals surface area contributed by atoms with Gasteiger partial charge in [0.1, 0.15) is 5.82 Å². The summed E-state index contributed by atoms with van der Waals surface area (Å²) in [6.45, 7) is 0. The van der Waals surface area contributed by atoms with Crippen molar-refractivity contribution in [3.05, 3.63) is 60.4 Å². The molecule has 4 rings (SSSR count). The average molecular weight is 445 g/mol. The largest absolute Gasteiger partial charge is 0.441 e. The van der Waals surface area contributed by atoms with E-state index in [1.165, 1.54) is 35.7 Å². The molecule has 0 radical (unpaired) electrons. The molecule has 0 aliphatic rings. The van der Waals surface area contributed by atoms with Gasteiger partial charge in [-0.05, 0) is 42.5 Å². The highest BCUT2D eigenvalue weighted by atomic mass is 32.2. The van der Waals surface area contributed by atoms with Crippen molar-refractivity contribution in [2.75, 3.05) is 11.6 Å². The van der Waals surface area contributed by atoms with Gasteiger partial charge in [0.25, 0.3) is 0 Å². The second-order valence-corrected chi connectivity index (χ2v) is 9.64. The molecule has 30 heavy (non-hydrogen) atoms. The molecule has 0 aliphatic carbocycles. The molecule has 0 saturated heterocycles. The minimum absolute atomic E-state index is 0.133. The zero-order valence-electron chi connectivity index (χ0n) is 15.8. The first kappa shape index (κ1) is 20.2. The molecule has 10 heteroatoms. The van der Waals surface area contributed by atoms with Crippen LogP contribution in [0, 0.1) is 5.82 Å². The maximum atomic E-state index is 13.0. The lowest BCUT2D eigenvalue weighted by Crippen LogP contribution is -2.12. The van der Waals surface area contributed by atoms with Crippen molar-refractivity contribution in [2.45, 2.75) is 17.7 Å². The average Bonchev–Trinajstić information content (AvgIpc) is 3.32. The van der Waals surface area contributed by atoms with Crippen LogP contribution >= 0.6 is 11.3 Å². The first-order valence-electron chi connectivity index (χ1n) is 8.89. The molecule has 4 aromatic rings. The Kier molecular flexibility index (Phi) is 5.35. The van der Waals surface area contributed by atoms with Crippen molar-refractivity contribution in [3.8, 4) is 11.3 Å². The van der Waals surface area contributed by atoms with Gasteiger partial charge in [0.05, 0.1) is 21.3 Å². The fourth-order valence-electron chi connectivity index (χ4n) is 2.76. The Labute approximate surface area is 175 Å². The van der Waals surface area contributed by atoms with Crippen LogP contribution in [0.5, 0.6) is 0 Å². The predicted molar refractivity (Wildman–Crippen MR) is 112 cm³/mol. The third-order valence-electron chi connectivity index (χ3n) is 4.28. The molecule has 0 saturated carbocycles. The highest BCUT2D eigenvalue weighted by Crippen LogP contribution is 2.28. The van der Waals surface area contributed by atoms with E-state index in [2.05, 4.69) is 15.3 Å². The zero-order chi connectivity index (χ0) is 21.3. The van der Waals surface area contributed by atoms with Gasteiger partial charge >= 0.3 is 0 Å². The Bertz CT molecular complexity index is 1330.